The molecular weight excluding hydrogens is 346 g/mol. The maximum atomic E-state index is 13.1. The first-order chi connectivity index (χ1) is 13.1. The number of hydrogen-bond donors (Lipinski definition) is 2. The number of likely N-dealkylation sites (tertiary alicyclic amines) is 1. The molecule has 2 N–H and O–H groups in total. The number of para-hydroxylation sites is 2. The van der Waals surface area contributed by atoms with Gasteiger partial charge in [-0.15, -0.1) is 0 Å². The standard InChI is InChI=1S/C19H19N5O3/c1-20-15-9-8-12(11-17(15)24(26)27)19(25)23-10-4-7-16(23)18-21-13-5-2-3-6-14(13)22-18/h2-3,5-6,8-9,11,16,20H,4,7,10H2,1H3,(H,21,22). The third-order valence-corrected chi connectivity index (χ3v) is 4.95. The van der Waals surface area contributed by atoms with Gasteiger partial charge in [0.25, 0.3) is 11.6 Å². The minimum atomic E-state index is -0.483. The second-order valence-corrected chi connectivity index (χ2v) is 6.53. The fourth-order valence-corrected chi connectivity index (χ4v) is 3.62. The summed E-state index contributed by atoms with van der Waals surface area (Å²) in [4.78, 5) is 33.5. The summed E-state index contributed by atoms with van der Waals surface area (Å²) in [6.45, 7) is 0.599. The predicted molar refractivity (Wildman–Crippen MR) is 102 cm³/mol. The van der Waals surface area contributed by atoms with Crippen LogP contribution in [0, 0.1) is 10.1 Å². The van der Waals surface area contributed by atoms with E-state index in [-0.39, 0.29) is 17.6 Å². The first kappa shape index (κ1) is 17.0. The smallest absolute Gasteiger partial charge is 0.293 e. The summed E-state index contributed by atoms with van der Waals surface area (Å²) in [5.74, 6) is 0.534. The summed E-state index contributed by atoms with van der Waals surface area (Å²) in [5, 5.41) is 14.1. The first-order valence-electron chi connectivity index (χ1n) is 8.80. The highest BCUT2D eigenvalue weighted by Gasteiger charge is 2.33. The van der Waals surface area contributed by atoms with Crippen LogP contribution in [0.1, 0.15) is 35.1 Å². The number of benzene rings is 2. The van der Waals surface area contributed by atoms with Gasteiger partial charge in [-0.1, -0.05) is 12.1 Å². The molecule has 3 aromatic rings. The maximum Gasteiger partial charge on any atom is 0.293 e. The van der Waals surface area contributed by atoms with Crippen molar-refractivity contribution in [2.24, 2.45) is 0 Å². The van der Waals surface area contributed by atoms with Crippen LogP contribution in [0.5, 0.6) is 0 Å². The normalized spacial score (nSPS) is 16.6. The van der Waals surface area contributed by atoms with Crippen molar-refractivity contribution in [2.75, 3.05) is 18.9 Å². The Labute approximate surface area is 155 Å². The average molecular weight is 365 g/mol. The minimum absolute atomic E-state index is 0.108. The van der Waals surface area contributed by atoms with Gasteiger partial charge in [0.05, 0.1) is 22.0 Å². The SMILES string of the molecule is CNc1ccc(C(=O)N2CCCC2c2nc3ccccc3[nH]2)cc1[N+](=O)[O-]. The fourth-order valence-electron chi connectivity index (χ4n) is 3.62. The summed E-state index contributed by atoms with van der Waals surface area (Å²) in [6.07, 6.45) is 1.67. The zero-order valence-electron chi connectivity index (χ0n) is 14.8. The summed E-state index contributed by atoms with van der Waals surface area (Å²) < 4.78 is 0. The maximum absolute atomic E-state index is 13.1. The molecule has 0 saturated carbocycles. The molecule has 27 heavy (non-hydrogen) atoms. The van der Waals surface area contributed by atoms with E-state index in [1.54, 1.807) is 24.1 Å². The number of aromatic amines is 1. The van der Waals surface area contributed by atoms with Gasteiger partial charge < -0.3 is 15.2 Å². The van der Waals surface area contributed by atoms with Gasteiger partial charge in [0.1, 0.15) is 11.5 Å². The molecule has 8 heteroatoms. The molecule has 1 fully saturated rings. The number of hydrogen-bond acceptors (Lipinski definition) is 5. The molecule has 0 aliphatic carbocycles. The number of nitrogens with one attached hydrogen (secondary N) is 2. The molecule has 2 heterocycles. The van der Waals surface area contributed by atoms with E-state index in [1.807, 2.05) is 24.3 Å². The number of nitro groups is 1. The van der Waals surface area contributed by atoms with E-state index in [0.717, 1.165) is 29.7 Å². The monoisotopic (exact) mass is 365 g/mol. The molecule has 1 unspecified atom stereocenters. The first-order valence-corrected chi connectivity index (χ1v) is 8.80. The Bertz CT molecular complexity index is 996. The second-order valence-electron chi connectivity index (χ2n) is 6.53. The van der Waals surface area contributed by atoms with Crippen molar-refractivity contribution in [1.29, 1.82) is 0 Å². The highest BCUT2D eigenvalue weighted by atomic mass is 16.6. The van der Waals surface area contributed by atoms with Gasteiger partial charge in [0, 0.05) is 25.2 Å². The van der Waals surface area contributed by atoms with E-state index < -0.39 is 4.92 Å². The van der Waals surface area contributed by atoms with Gasteiger partial charge in [-0.05, 0) is 37.1 Å². The second kappa shape index (κ2) is 6.71. The van der Waals surface area contributed by atoms with Crippen molar-refractivity contribution in [1.82, 2.24) is 14.9 Å². The van der Waals surface area contributed by atoms with E-state index in [9.17, 15) is 14.9 Å². The van der Waals surface area contributed by atoms with Gasteiger partial charge in [-0.2, -0.15) is 0 Å². The lowest BCUT2D eigenvalue weighted by atomic mass is 10.1. The molecule has 0 spiro atoms. The van der Waals surface area contributed by atoms with Crippen molar-refractivity contribution in [3.05, 3.63) is 64.0 Å². The molecule has 2 aromatic carbocycles. The summed E-state index contributed by atoms with van der Waals surface area (Å²) >= 11 is 0. The van der Waals surface area contributed by atoms with Crippen LogP contribution in [0.2, 0.25) is 0 Å². The van der Waals surface area contributed by atoms with Gasteiger partial charge in [0.2, 0.25) is 0 Å². The van der Waals surface area contributed by atoms with E-state index in [0.29, 0.717) is 17.8 Å². The Kier molecular flexibility index (Phi) is 4.23. The predicted octanol–water partition coefficient (Wildman–Crippen LogP) is 3.49. The molecule has 1 aliphatic heterocycles. The van der Waals surface area contributed by atoms with E-state index >= 15 is 0 Å². The van der Waals surface area contributed by atoms with Gasteiger partial charge in [0.15, 0.2) is 0 Å². The van der Waals surface area contributed by atoms with Crippen LogP contribution in [0.4, 0.5) is 11.4 Å². The number of nitro benzene ring substituents is 1. The number of nitrogens with zero attached hydrogens (tertiary/aromatic N) is 3. The van der Waals surface area contributed by atoms with Crippen LogP contribution in [0.25, 0.3) is 11.0 Å². The minimum Gasteiger partial charge on any atom is -0.383 e. The van der Waals surface area contributed by atoms with Crippen LogP contribution in [-0.4, -0.2) is 39.3 Å². The molecule has 1 atom stereocenters. The lowest BCUT2D eigenvalue weighted by Crippen LogP contribution is -2.31. The van der Waals surface area contributed by atoms with Crippen LogP contribution >= 0.6 is 0 Å². The van der Waals surface area contributed by atoms with Gasteiger partial charge >= 0.3 is 0 Å². The van der Waals surface area contributed by atoms with Crippen LogP contribution in [0.15, 0.2) is 42.5 Å². The number of anilines is 1. The summed E-state index contributed by atoms with van der Waals surface area (Å²) in [7, 11) is 1.61. The van der Waals surface area contributed by atoms with Crippen molar-refractivity contribution in [3.8, 4) is 0 Å². The third-order valence-electron chi connectivity index (χ3n) is 4.95. The molecule has 0 bridgehead atoms. The quantitative estimate of drug-likeness (QED) is 0.544. The Balaban J connectivity index is 1.66. The molecule has 1 aromatic heterocycles. The van der Waals surface area contributed by atoms with Crippen LogP contribution in [-0.2, 0) is 0 Å². The Morgan fingerprint density at radius 2 is 2.15 bits per heavy atom. The number of H-pyrrole nitrogens is 1. The number of fused-ring (bicyclic) bond motifs is 1. The summed E-state index contributed by atoms with van der Waals surface area (Å²) in [6, 6.07) is 12.1. The molecular formula is C19H19N5O3. The largest absolute Gasteiger partial charge is 0.383 e. The van der Waals surface area contributed by atoms with E-state index in [4.69, 9.17) is 0 Å². The number of carbonyl (C=O) groups is 1. The van der Waals surface area contributed by atoms with Crippen molar-refractivity contribution < 1.29 is 9.72 Å². The van der Waals surface area contributed by atoms with E-state index in [1.165, 1.54) is 6.07 Å². The average Bonchev–Trinajstić information content (AvgIpc) is 3.33. The third kappa shape index (κ3) is 2.99. The number of imidazole rings is 1. The van der Waals surface area contributed by atoms with Crippen molar-refractivity contribution >= 4 is 28.3 Å². The molecule has 1 saturated heterocycles. The number of rotatable bonds is 4. The Morgan fingerprint density at radius 1 is 1.33 bits per heavy atom. The molecule has 1 aliphatic rings. The molecule has 0 radical (unpaired) electrons. The summed E-state index contributed by atoms with van der Waals surface area (Å²) in [5.41, 5.74) is 2.37. The molecule has 138 valence electrons. The molecule has 1 amide bonds. The lowest BCUT2D eigenvalue weighted by Gasteiger charge is -2.23. The zero-order valence-corrected chi connectivity index (χ0v) is 14.8. The zero-order chi connectivity index (χ0) is 19.0. The molecule has 8 nitrogen and oxygen atoms in total. The van der Waals surface area contributed by atoms with Crippen LogP contribution < -0.4 is 5.32 Å². The van der Waals surface area contributed by atoms with E-state index in [2.05, 4.69) is 15.3 Å². The molecule has 4 rings (SSSR count). The van der Waals surface area contributed by atoms with Crippen molar-refractivity contribution in [2.45, 2.75) is 18.9 Å². The Morgan fingerprint density at radius 3 is 2.89 bits per heavy atom. The topological polar surface area (TPSA) is 104 Å². The van der Waals surface area contributed by atoms with Gasteiger partial charge in [-0.3, -0.25) is 14.9 Å². The Hall–Kier alpha value is -3.42. The van der Waals surface area contributed by atoms with Gasteiger partial charge in [-0.25, -0.2) is 4.98 Å². The fraction of sp³-hybridized carbons (Fsp3) is 0.263. The van der Waals surface area contributed by atoms with Crippen LogP contribution in [0.3, 0.4) is 0 Å². The highest BCUT2D eigenvalue weighted by Crippen LogP contribution is 2.34. The lowest BCUT2D eigenvalue weighted by molar-refractivity contribution is -0.384. The number of amides is 1. The number of aromatic nitrogens is 2. The number of carbonyl (C=O) groups excluding carboxylic acids is 1. The van der Waals surface area contributed by atoms with Crippen molar-refractivity contribution in [3.63, 3.8) is 0 Å². The highest BCUT2D eigenvalue weighted by molar-refractivity contribution is 5.96.